The minimum atomic E-state index is -1.25. The van der Waals surface area contributed by atoms with Crippen molar-refractivity contribution in [1.29, 1.82) is 0 Å². The molecule has 2 aromatic rings. The number of anilines is 1. The molecular weight excluding hydrogens is 372 g/mol. The third-order valence-electron chi connectivity index (χ3n) is 4.82. The summed E-state index contributed by atoms with van der Waals surface area (Å²) in [4.78, 5) is 24.1. The summed E-state index contributed by atoms with van der Waals surface area (Å²) in [7, 11) is 1.42. The second kappa shape index (κ2) is 7.83. The van der Waals surface area contributed by atoms with Crippen LogP contribution in [0.3, 0.4) is 0 Å². The van der Waals surface area contributed by atoms with E-state index in [4.69, 9.17) is 14.2 Å². The number of carbonyl (C=O) groups excluding carboxylic acids is 1. The third-order valence-corrected chi connectivity index (χ3v) is 4.82. The van der Waals surface area contributed by atoms with Crippen LogP contribution in [0.2, 0.25) is 0 Å². The number of alkyl carbamates (subject to hydrolysis) is 1. The normalized spacial score (nSPS) is 29.9. The lowest BCUT2D eigenvalue weighted by atomic mass is 10.1. The third kappa shape index (κ3) is 3.46. The Bertz CT molecular complexity index is 840. The topological polar surface area (TPSA) is 153 Å². The number of fused-ring (bicyclic) bond motifs is 1. The molecule has 0 radical (unpaired) electrons. The van der Waals surface area contributed by atoms with Gasteiger partial charge >= 0.3 is 6.09 Å². The van der Waals surface area contributed by atoms with E-state index in [9.17, 15) is 15.0 Å². The zero-order chi connectivity index (χ0) is 19.7. The molecule has 28 heavy (non-hydrogen) atoms. The molecule has 4 N–H and O–H groups in total. The molecule has 1 amide bonds. The van der Waals surface area contributed by atoms with Crippen LogP contribution in [-0.4, -0.2) is 87.0 Å². The van der Waals surface area contributed by atoms with Gasteiger partial charge in [-0.1, -0.05) is 0 Å². The van der Waals surface area contributed by atoms with E-state index in [0.29, 0.717) is 30.2 Å². The lowest BCUT2D eigenvalue weighted by Gasteiger charge is -2.17. The van der Waals surface area contributed by atoms with E-state index in [-0.39, 0.29) is 12.6 Å². The number of ether oxygens (including phenoxy) is 3. The van der Waals surface area contributed by atoms with Gasteiger partial charge in [0.25, 0.3) is 0 Å². The number of aromatic nitrogens is 4. The molecule has 0 saturated carbocycles. The second-order valence-electron chi connectivity index (χ2n) is 6.65. The highest BCUT2D eigenvalue weighted by atomic mass is 16.6. The molecule has 2 fully saturated rings. The van der Waals surface area contributed by atoms with Gasteiger partial charge in [-0.25, -0.2) is 19.7 Å². The predicted octanol–water partition coefficient (Wildman–Crippen LogP) is -0.998. The van der Waals surface area contributed by atoms with E-state index in [1.807, 2.05) is 0 Å². The van der Waals surface area contributed by atoms with Crippen molar-refractivity contribution >= 4 is 23.1 Å². The van der Waals surface area contributed by atoms with Gasteiger partial charge in [0.1, 0.15) is 31.2 Å². The lowest BCUT2D eigenvalue weighted by molar-refractivity contribution is -0.0531. The molecule has 0 bridgehead atoms. The molecule has 12 nitrogen and oxygen atoms in total. The predicted molar refractivity (Wildman–Crippen MR) is 94.5 cm³/mol. The molecule has 0 spiro atoms. The fraction of sp³-hybridized carbons (Fsp3) is 0.625. The Morgan fingerprint density at radius 1 is 1.36 bits per heavy atom. The quantitative estimate of drug-likeness (QED) is 0.497. The minimum Gasteiger partial charge on any atom is -0.447 e. The van der Waals surface area contributed by atoms with E-state index in [2.05, 4.69) is 25.6 Å². The van der Waals surface area contributed by atoms with Crippen molar-refractivity contribution in [2.45, 2.75) is 37.0 Å². The zero-order valence-corrected chi connectivity index (χ0v) is 15.2. The summed E-state index contributed by atoms with van der Waals surface area (Å²) >= 11 is 0. The highest BCUT2D eigenvalue weighted by molar-refractivity contribution is 5.82. The lowest BCUT2D eigenvalue weighted by Crippen LogP contribution is -2.35. The summed E-state index contributed by atoms with van der Waals surface area (Å²) in [5, 5.41) is 26.3. The molecule has 2 aliphatic heterocycles. The number of imidazole rings is 1. The Morgan fingerprint density at radius 2 is 2.21 bits per heavy atom. The molecule has 2 aliphatic rings. The largest absolute Gasteiger partial charge is 0.447 e. The molecule has 12 heteroatoms. The first-order valence-electron chi connectivity index (χ1n) is 8.96. The fourth-order valence-electron chi connectivity index (χ4n) is 3.31. The molecule has 4 heterocycles. The number of amides is 1. The van der Waals surface area contributed by atoms with Gasteiger partial charge in [-0.3, -0.25) is 4.57 Å². The summed E-state index contributed by atoms with van der Waals surface area (Å²) in [6.45, 7) is 1.08. The van der Waals surface area contributed by atoms with Gasteiger partial charge in [-0.05, 0) is 6.42 Å². The van der Waals surface area contributed by atoms with Gasteiger partial charge in [-0.15, -0.1) is 0 Å². The summed E-state index contributed by atoms with van der Waals surface area (Å²) in [6, 6.07) is 0.143. The Labute approximate surface area is 159 Å². The summed E-state index contributed by atoms with van der Waals surface area (Å²) in [5.74, 6) is 0.562. The zero-order valence-electron chi connectivity index (χ0n) is 15.2. The number of hydrogen-bond donors (Lipinski definition) is 4. The van der Waals surface area contributed by atoms with Crippen molar-refractivity contribution in [3.8, 4) is 0 Å². The number of nitrogens with zero attached hydrogens (tertiary/aromatic N) is 4. The van der Waals surface area contributed by atoms with Gasteiger partial charge in [0.15, 0.2) is 23.2 Å². The van der Waals surface area contributed by atoms with Crippen molar-refractivity contribution in [2.75, 3.05) is 32.2 Å². The van der Waals surface area contributed by atoms with Gasteiger partial charge in [0, 0.05) is 13.7 Å². The Balaban J connectivity index is 1.54. The Kier molecular flexibility index (Phi) is 5.26. The Morgan fingerprint density at radius 3 is 2.96 bits per heavy atom. The Hall–Kier alpha value is -2.54. The van der Waals surface area contributed by atoms with E-state index >= 15 is 0 Å². The SMILES string of the molecule is CNC(=O)OC[C@H]1O[C@@H](n2cnc3c(N[C@@H]4CCOC4)ncnc32)[C@@H](O)C1O. The maximum atomic E-state index is 11.2. The van der Waals surface area contributed by atoms with E-state index in [0.717, 1.165) is 6.42 Å². The molecule has 2 aromatic heterocycles. The molecule has 0 aromatic carbocycles. The average molecular weight is 394 g/mol. The molecular formula is C16H22N6O6. The minimum absolute atomic E-state index is 0.143. The van der Waals surface area contributed by atoms with E-state index < -0.39 is 30.6 Å². The van der Waals surface area contributed by atoms with Crippen LogP contribution in [0.15, 0.2) is 12.7 Å². The summed E-state index contributed by atoms with van der Waals surface area (Å²) in [6.07, 6.45) is -1.22. The first kappa shape index (κ1) is 18.8. The molecule has 2 saturated heterocycles. The number of aliphatic hydroxyl groups is 2. The standard InChI is InChI=1S/C16H22N6O6/c1-17-16(25)27-5-9-11(23)12(24)15(28-9)22-7-20-10-13(18-6-19-14(10)22)21-8-2-3-26-4-8/h6-9,11-12,15,23-24H,2-5H2,1H3,(H,17,25)(H,18,19,21)/t8-,9-,11?,12+,15-/m1/s1. The van der Waals surface area contributed by atoms with Gasteiger partial charge in [0.05, 0.1) is 19.0 Å². The summed E-state index contributed by atoms with van der Waals surface area (Å²) in [5.41, 5.74) is 0.963. The first-order chi connectivity index (χ1) is 13.6. The van der Waals surface area contributed by atoms with E-state index in [1.54, 1.807) is 0 Å². The van der Waals surface area contributed by atoms with Crippen molar-refractivity contribution in [3.63, 3.8) is 0 Å². The van der Waals surface area contributed by atoms with Gasteiger partial charge < -0.3 is 35.1 Å². The van der Waals surface area contributed by atoms with Crippen LogP contribution in [0.1, 0.15) is 12.6 Å². The van der Waals surface area contributed by atoms with Crippen molar-refractivity contribution in [2.24, 2.45) is 0 Å². The summed E-state index contributed by atoms with van der Waals surface area (Å²) < 4.78 is 17.5. The first-order valence-corrected chi connectivity index (χ1v) is 8.96. The van der Waals surface area contributed by atoms with Crippen LogP contribution in [-0.2, 0) is 14.2 Å². The number of aliphatic hydroxyl groups excluding tert-OH is 2. The molecule has 0 aliphatic carbocycles. The number of carbonyl (C=O) groups is 1. The molecule has 4 rings (SSSR count). The second-order valence-corrected chi connectivity index (χ2v) is 6.65. The van der Waals surface area contributed by atoms with Crippen LogP contribution >= 0.6 is 0 Å². The molecule has 1 unspecified atom stereocenters. The maximum absolute atomic E-state index is 11.2. The monoisotopic (exact) mass is 394 g/mol. The highest BCUT2D eigenvalue weighted by Crippen LogP contribution is 2.32. The highest BCUT2D eigenvalue weighted by Gasteiger charge is 2.45. The fourth-order valence-corrected chi connectivity index (χ4v) is 3.31. The van der Waals surface area contributed by atoms with Crippen LogP contribution < -0.4 is 10.6 Å². The molecule has 152 valence electrons. The maximum Gasteiger partial charge on any atom is 0.406 e. The number of hydrogen-bond acceptors (Lipinski definition) is 10. The van der Waals surface area contributed by atoms with Crippen molar-refractivity contribution in [3.05, 3.63) is 12.7 Å². The van der Waals surface area contributed by atoms with Gasteiger partial charge in [0.2, 0.25) is 0 Å². The number of nitrogens with one attached hydrogen (secondary N) is 2. The van der Waals surface area contributed by atoms with Crippen molar-refractivity contribution in [1.82, 2.24) is 24.8 Å². The van der Waals surface area contributed by atoms with Gasteiger partial charge in [-0.2, -0.15) is 0 Å². The number of rotatable bonds is 5. The van der Waals surface area contributed by atoms with E-state index in [1.165, 1.54) is 24.3 Å². The molecule has 5 atom stereocenters. The van der Waals surface area contributed by atoms with Crippen LogP contribution in [0, 0.1) is 0 Å². The van der Waals surface area contributed by atoms with Crippen molar-refractivity contribution < 1.29 is 29.2 Å². The van der Waals surface area contributed by atoms with Crippen LogP contribution in [0.25, 0.3) is 11.2 Å². The smallest absolute Gasteiger partial charge is 0.406 e. The van der Waals surface area contributed by atoms with Crippen LogP contribution in [0.4, 0.5) is 10.6 Å². The average Bonchev–Trinajstić information content (AvgIpc) is 3.42. The van der Waals surface area contributed by atoms with Crippen LogP contribution in [0.5, 0.6) is 0 Å².